The maximum Gasteiger partial charge on any atom is 0.410 e. The van der Waals surface area contributed by atoms with Gasteiger partial charge in [0, 0.05) is 56.5 Å². The molecule has 3 rings (SSSR count). The van der Waals surface area contributed by atoms with Crippen LogP contribution in [0, 0.1) is 0 Å². The molecule has 8 heteroatoms. The zero-order chi connectivity index (χ0) is 26.3. The van der Waals surface area contributed by atoms with Crippen LogP contribution in [0.2, 0.25) is 0 Å². The van der Waals surface area contributed by atoms with Gasteiger partial charge in [-0.2, -0.15) is 0 Å². The highest BCUT2D eigenvalue weighted by molar-refractivity contribution is 5.86. The Balaban J connectivity index is 1.84. The number of para-hydroxylation sites is 1. The number of morpholine rings is 1. The number of rotatable bonds is 10. The van der Waals surface area contributed by atoms with Gasteiger partial charge in [0.2, 0.25) is 0 Å². The molecular weight excluding hydrogens is 458 g/mol. The molecule has 1 aromatic heterocycles. The molecule has 0 bridgehead atoms. The molecule has 36 heavy (non-hydrogen) atoms. The summed E-state index contributed by atoms with van der Waals surface area (Å²) in [6.07, 6.45) is 3.66. The summed E-state index contributed by atoms with van der Waals surface area (Å²) in [6.45, 7) is 12.7. The number of hydrogen-bond acceptors (Lipinski definition) is 5. The lowest BCUT2D eigenvalue weighted by Crippen LogP contribution is -2.54. The van der Waals surface area contributed by atoms with E-state index in [4.69, 9.17) is 14.2 Å². The van der Waals surface area contributed by atoms with Gasteiger partial charge in [0.05, 0.1) is 13.2 Å². The number of aromatic nitrogens is 1. The number of carbonyl (C=O) groups is 2. The molecule has 0 unspecified atom stereocenters. The SMILES string of the molecule is CCC(CC)N(Cc1cn(CCCOC)c2ccccc12)C(=O)[C@H]1CN(C(=O)OC(C)(C)C)CCO1. The number of aryl methyl sites for hydroxylation is 1. The quantitative estimate of drug-likeness (QED) is 0.436. The molecule has 2 heterocycles. The maximum atomic E-state index is 13.9. The van der Waals surface area contributed by atoms with Crippen LogP contribution >= 0.6 is 0 Å². The van der Waals surface area contributed by atoms with Gasteiger partial charge < -0.3 is 28.6 Å². The molecule has 8 nitrogen and oxygen atoms in total. The van der Waals surface area contributed by atoms with E-state index in [1.54, 1.807) is 12.0 Å². The fourth-order valence-corrected chi connectivity index (χ4v) is 4.79. The van der Waals surface area contributed by atoms with Crippen LogP contribution < -0.4 is 0 Å². The first-order chi connectivity index (χ1) is 17.2. The number of benzene rings is 1. The molecule has 1 aromatic carbocycles. The van der Waals surface area contributed by atoms with Crippen molar-refractivity contribution in [1.29, 1.82) is 0 Å². The molecule has 1 fully saturated rings. The van der Waals surface area contributed by atoms with Crippen molar-refractivity contribution in [3.8, 4) is 0 Å². The average Bonchev–Trinajstić information content (AvgIpc) is 3.20. The third-order valence-corrected chi connectivity index (χ3v) is 6.62. The number of hydrogen-bond donors (Lipinski definition) is 0. The Kier molecular flexibility index (Phi) is 9.79. The van der Waals surface area contributed by atoms with Crippen molar-refractivity contribution in [2.45, 2.75) is 84.7 Å². The maximum absolute atomic E-state index is 13.9. The van der Waals surface area contributed by atoms with E-state index in [1.807, 2.05) is 37.8 Å². The monoisotopic (exact) mass is 501 g/mol. The van der Waals surface area contributed by atoms with Gasteiger partial charge in [-0.25, -0.2) is 4.79 Å². The lowest BCUT2D eigenvalue weighted by Gasteiger charge is -2.38. The normalized spacial score (nSPS) is 16.5. The van der Waals surface area contributed by atoms with Crippen LogP contribution in [0.25, 0.3) is 10.9 Å². The number of amides is 2. The number of ether oxygens (including phenoxy) is 3. The van der Waals surface area contributed by atoms with E-state index in [2.05, 4.69) is 36.7 Å². The summed E-state index contributed by atoms with van der Waals surface area (Å²) in [4.78, 5) is 30.1. The molecule has 1 atom stereocenters. The summed E-state index contributed by atoms with van der Waals surface area (Å²) in [5, 5.41) is 1.15. The van der Waals surface area contributed by atoms with Crippen molar-refractivity contribution in [3.05, 3.63) is 36.0 Å². The highest BCUT2D eigenvalue weighted by Gasteiger charge is 2.36. The van der Waals surface area contributed by atoms with Crippen molar-refractivity contribution in [3.63, 3.8) is 0 Å². The Morgan fingerprint density at radius 2 is 1.92 bits per heavy atom. The van der Waals surface area contributed by atoms with Gasteiger partial charge in [-0.05, 0) is 51.7 Å². The first-order valence-electron chi connectivity index (χ1n) is 13.1. The second kappa shape index (κ2) is 12.6. The van der Waals surface area contributed by atoms with Crippen molar-refractivity contribution in [1.82, 2.24) is 14.4 Å². The smallest absolute Gasteiger partial charge is 0.410 e. The number of methoxy groups -OCH3 is 1. The average molecular weight is 502 g/mol. The molecule has 0 aliphatic carbocycles. The molecule has 2 aromatic rings. The number of carbonyl (C=O) groups excluding carboxylic acids is 2. The highest BCUT2D eigenvalue weighted by atomic mass is 16.6. The minimum Gasteiger partial charge on any atom is -0.444 e. The van der Waals surface area contributed by atoms with Gasteiger partial charge in [0.1, 0.15) is 5.60 Å². The van der Waals surface area contributed by atoms with Gasteiger partial charge in [-0.15, -0.1) is 0 Å². The Morgan fingerprint density at radius 3 is 2.58 bits per heavy atom. The van der Waals surface area contributed by atoms with Crippen LogP contribution in [0.4, 0.5) is 4.79 Å². The van der Waals surface area contributed by atoms with Crippen LogP contribution in [0.1, 0.15) is 59.4 Å². The second-order valence-electron chi connectivity index (χ2n) is 10.4. The lowest BCUT2D eigenvalue weighted by atomic mass is 10.1. The summed E-state index contributed by atoms with van der Waals surface area (Å²) in [5.41, 5.74) is 1.68. The van der Waals surface area contributed by atoms with Crippen molar-refractivity contribution in [2.75, 3.05) is 33.4 Å². The molecule has 0 saturated carbocycles. The van der Waals surface area contributed by atoms with Crippen LogP contribution in [0.5, 0.6) is 0 Å². The number of nitrogens with zero attached hydrogens (tertiary/aromatic N) is 3. The molecule has 1 saturated heterocycles. The first kappa shape index (κ1) is 28.0. The standard InChI is InChI=1S/C28H43N3O5/c1-7-22(8-2)31(26(32)25-20-30(15-17-35-25)27(33)36-28(3,4)5)19-21-18-29(14-11-16-34-6)24-13-10-9-12-23(21)24/h9-10,12-13,18,22,25H,7-8,11,14-17,19-20H2,1-6H3/t25-/m1/s1. The van der Waals surface area contributed by atoms with E-state index in [-0.39, 0.29) is 18.5 Å². The topological polar surface area (TPSA) is 73.2 Å². The summed E-state index contributed by atoms with van der Waals surface area (Å²) in [6, 6.07) is 8.40. The Labute approximate surface area is 215 Å². The minimum absolute atomic E-state index is 0.0758. The van der Waals surface area contributed by atoms with Crippen LogP contribution in [0.15, 0.2) is 30.5 Å². The Hall–Kier alpha value is -2.58. The van der Waals surface area contributed by atoms with Crippen molar-refractivity contribution >= 4 is 22.9 Å². The van der Waals surface area contributed by atoms with E-state index in [0.717, 1.165) is 42.3 Å². The molecular formula is C28H43N3O5. The van der Waals surface area contributed by atoms with E-state index in [1.165, 1.54) is 0 Å². The number of fused-ring (bicyclic) bond motifs is 1. The lowest BCUT2D eigenvalue weighted by molar-refractivity contribution is -0.152. The Bertz CT molecular complexity index is 1010. The molecule has 0 spiro atoms. The minimum atomic E-state index is -0.707. The van der Waals surface area contributed by atoms with Crippen LogP contribution in [0.3, 0.4) is 0 Å². The third kappa shape index (κ3) is 7.01. The van der Waals surface area contributed by atoms with Gasteiger partial charge in [-0.1, -0.05) is 32.0 Å². The third-order valence-electron chi connectivity index (χ3n) is 6.62. The Morgan fingerprint density at radius 1 is 1.19 bits per heavy atom. The molecule has 1 aliphatic heterocycles. The zero-order valence-electron chi connectivity index (χ0n) is 22.8. The van der Waals surface area contributed by atoms with E-state index in [0.29, 0.717) is 26.3 Å². The molecule has 2 amide bonds. The van der Waals surface area contributed by atoms with E-state index < -0.39 is 17.8 Å². The summed E-state index contributed by atoms with van der Waals surface area (Å²) < 4.78 is 18.9. The largest absolute Gasteiger partial charge is 0.444 e. The molecule has 0 N–H and O–H groups in total. The van der Waals surface area contributed by atoms with Crippen LogP contribution in [-0.4, -0.2) is 77.5 Å². The van der Waals surface area contributed by atoms with Crippen molar-refractivity contribution in [2.24, 2.45) is 0 Å². The molecule has 1 aliphatic rings. The van der Waals surface area contributed by atoms with Crippen molar-refractivity contribution < 1.29 is 23.8 Å². The molecule has 200 valence electrons. The zero-order valence-corrected chi connectivity index (χ0v) is 22.8. The fourth-order valence-electron chi connectivity index (χ4n) is 4.79. The van der Waals surface area contributed by atoms with Gasteiger partial charge in [0.25, 0.3) is 5.91 Å². The predicted octanol–water partition coefficient (Wildman–Crippen LogP) is 4.83. The van der Waals surface area contributed by atoms with E-state index in [9.17, 15) is 9.59 Å². The second-order valence-corrected chi connectivity index (χ2v) is 10.4. The van der Waals surface area contributed by atoms with Crippen LogP contribution in [-0.2, 0) is 32.1 Å². The van der Waals surface area contributed by atoms with Gasteiger partial charge in [0.15, 0.2) is 6.10 Å². The fraction of sp³-hybridized carbons (Fsp3) is 0.643. The molecule has 0 radical (unpaired) electrons. The summed E-state index contributed by atoms with van der Waals surface area (Å²) in [7, 11) is 1.72. The van der Waals surface area contributed by atoms with Gasteiger partial charge >= 0.3 is 6.09 Å². The predicted molar refractivity (Wildman–Crippen MR) is 141 cm³/mol. The van der Waals surface area contributed by atoms with E-state index >= 15 is 0 Å². The first-order valence-corrected chi connectivity index (χ1v) is 13.1. The summed E-state index contributed by atoms with van der Waals surface area (Å²) >= 11 is 0. The summed E-state index contributed by atoms with van der Waals surface area (Å²) in [5.74, 6) is -0.0758. The van der Waals surface area contributed by atoms with Gasteiger partial charge in [-0.3, -0.25) is 4.79 Å². The highest BCUT2D eigenvalue weighted by Crippen LogP contribution is 2.26.